The maximum absolute atomic E-state index is 4.67. The lowest BCUT2D eigenvalue weighted by Crippen LogP contribution is -2.18. The van der Waals surface area contributed by atoms with Crippen LogP contribution in [0.25, 0.3) is 21.8 Å². The van der Waals surface area contributed by atoms with Gasteiger partial charge in [-0.25, -0.2) is 9.97 Å². The molecule has 0 bridgehead atoms. The molecule has 3 aromatic carbocycles. The fourth-order valence-corrected chi connectivity index (χ4v) is 3.86. The first-order chi connectivity index (χ1) is 13.8. The number of anilines is 2. The molecule has 0 spiro atoms. The summed E-state index contributed by atoms with van der Waals surface area (Å²) >= 11 is 2.31. The van der Waals surface area contributed by atoms with Crippen molar-refractivity contribution < 1.29 is 0 Å². The summed E-state index contributed by atoms with van der Waals surface area (Å²) in [5.41, 5.74) is 4.24. The molecule has 2 aromatic heterocycles. The zero-order valence-electron chi connectivity index (χ0n) is 15.3. The molecule has 0 amide bonds. The molecular weight excluding hydrogens is 497 g/mol. The molecule has 144 valence electrons. The summed E-state index contributed by atoms with van der Waals surface area (Å²) < 4.78 is 1.16. The standard InChI is InChI=1S/C22H16IN5.ClH/c23-17-6-8-19-21(11-17)24-14-25-22(19)28(13-15-4-2-1-3-5-15)18-7-9-20-16(10-18)12-26-27-20;/h1-12,14H,13H2,(H,26,27);1H. The number of hydrogen-bond donors (Lipinski definition) is 1. The number of nitrogens with zero attached hydrogens (tertiary/aromatic N) is 4. The highest BCUT2D eigenvalue weighted by molar-refractivity contribution is 14.1. The molecule has 0 atom stereocenters. The van der Waals surface area contributed by atoms with Crippen LogP contribution in [-0.4, -0.2) is 20.2 Å². The Bertz CT molecular complexity index is 1270. The van der Waals surface area contributed by atoms with Crippen molar-refractivity contribution in [3.63, 3.8) is 0 Å². The fourth-order valence-electron chi connectivity index (χ4n) is 3.38. The second-order valence-corrected chi connectivity index (χ2v) is 7.82. The third-order valence-electron chi connectivity index (χ3n) is 4.75. The number of halogens is 2. The maximum Gasteiger partial charge on any atom is 0.144 e. The van der Waals surface area contributed by atoms with E-state index in [0.29, 0.717) is 6.54 Å². The first-order valence-electron chi connectivity index (χ1n) is 8.93. The molecule has 2 heterocycles. The minimum atomic E-state index is 0. The number of nitrogens with one attached hydrogen (secondary N) is 1. The van der Waals surface area contributed by atoms with Crippen LogP contribution >= 0.6 is 35.0 Å². The Labute approximate surface area is 187 Å². The summed E-state index contributed by atoms with van der Waals surface area (Å²) in [7, 11) is 0. The van der Waals surface area contributed by atoms with Gasteiger partial charge in [0.2, 0.25) is 0 Å². The average molecular weight is 514 g/mol. The highest BCUT2D eigenvalue weighted by atomic mass is 127. The minimum absolute atomic E-state index is 0. The Kier molecular flexibility index (Phi) is 5.64. The molecule has 0 aliphatic heterocycles. The first-order valence-corrected chi connectivity index (χ1v) is 10.0. The Hall–Kier alpha value is -2.71. The van der Waals surface area contributed by atoms with E-state index in [0.717, 1.165) is 36.9 Å². The molecule has 5 aromatic rings. The van der Waals surface area contributed by atoms with Gasteiger partial charge in [-0.3, -0.25) is 5.10 Å². The van der Waals surface area contributed by atoms with Crippen molar-refractivity contribution in [2.75, 3.05) is 4.90 Å². The van der Waals surface area contributed by atoms with Gasteiger partial charge in [0.25, 0.3) is 0 Å². The smallest absolute Gasteiger partial charge is 0.144 e. The maximum atomic E-state index is 4.67. The molecule has 0 fully saturated rings. The van der Waals surface area contributed by atoms with Crippen LogP contribution in [0.1, 0.15) is 5.56 Å². The number of hydrogen-bond acceptors (Lipinski definition) is 4. The second kappa shape index (κ2) is 8.34. The molecule has 0 saturated heterocycles. The number of H-pyrrole nitrogens is 1. The van der Waals surface area contributed by atoms with Gasteiger partial charge in [0, 0.05) is 26.6 Å². The van der Waals surface area contributed by atoms with Gasteiger partial charge in [-0.15, -0.1) is 12.4 Å². The summed E-state index contributed by atoms with van der Waals surface area (Å²) in [6.07, 6.45) is 3.49. The molecule has 29 heavy (non-hydrogen) atoms. The predicted octanol–water partition coefficient (Wildman–Crippen LogP) is 5.87. The second-order valence-electron chi connectivity index (χ2n) is 6.57. The average Bonchev–Trinajstić information content (AvgIpc) is 3.20. The van der Waals surface area contributed by atoms with Crippen molar-refractivity contribution in [2.24, 2.45) is 0 Å². The molecule has 0 saturated carbocycles. The van der Waals surface area contributed by atoms with E-state index in [1.54, 1.807) is 6.33 Å². The third-order valence-corrected chi connectivity index (χ3v) is 5.42. The molecule has 0 aliphatic carbocycles. The number of aromatic amines is 1. The van der Waals surface area contributed by atoms with Crippen LogP contribution in [0.3, 0.4) is 0 Å². The van der Waals surface area contributed by atoms with Crippen LogP contribution in [-0.2, 0) is 6.54 Å². The SMILES string of the molecule is Cl.Ic1ccc2c(N(Cc3ccccc3)c3ccc4[nH]ncc4c3)ncnc2c1. The molecule has 0 aliphatic rings. The van der Waals surface area contributed by atoms with Crippen LogP contribution in [0.4, 0.5) is 11.5 Å². The molecule has 5 nitrogen and oxygen atoms in total. The molecule has 0 unspecified atom stereocenters. The van der Waals surface area contributed by atoms with Crippen LogP contribution in [0.5, 0.6) is 0 Å². The number of fused-ring (bicyclic) bond motifs is 2. The van der Waals surface area contributed by atoms with Crippen LogP contribution in [0.2, 0.25) is 0 Å². The van der Waals surface area contributed by atoms with Crippen LogP contribution < -0.4 is 4.90 Å². The lowest BCUT2D eigenvalue weighted by Gasteiger charge is -2.25. The van der Waals surface area contributed by atoms with E-state index < -0.39 is 0 Å². The van der Waals surface area contributed by atoms with E-state index in [2.05, 4.69) is 108 Å². The molecule has 7 heteroatoms. The van der Waals surface area contributed by atoms with E-state index in [-0.39, 0.29) is 12.4 Å². The largest absolute Gasteiger partial charge is 0.321 e. The Morgan fingerprint density at radius 3 is 2.66 bits per heavy atom. The lowest BCUT2D eigenvalue weighted by molar-refractivity contribution is 0.949. The van der Waals surface area contributed by atoms with E-state index >= 15 is 0 Å². The van der Waals surface area contributed by atoms with Crippen molar-refractivity contribution >= 4 is 68.3 Å². The van der Waals surface area contributed by atoms with E-state index in [1.807, 2.05) is 12.3 Å². The summed E-state index contributed by atoms with van der Waals surface area (Å²) in [4.78, 5) is 11.4. The number of benzene rings is 3. The van der Waals surface area contributed by atoms with Crippen molar-refractivity contribution in [3.05, 3.63) is 88.4 Å². The highest BCUT2D eigenvalue weighted by Gasteiger charge is 2.16. The van der Waals surface area contributed by atoms with Gasteiger partial charge >= 0.3 is 0 Å². The van der Waals surface area contributed by atoms with Crippen molar-refractivity contribution in [1.82, 2.24) is 20.2 Å². The first kappa shape index (κ1) is 19.6. The topological polar surface area (TPSA) is 57.7 Å². The Morgan fingerprint density at radius 1 is 0.931 bits per heavy atom. The molecular formula is C22H17ClIN5. The predicted molar refractivity (Wildman–Crippen MR) is 128 cm³/mol. The minimum Gasteiger partial charge on any atom is -0.321 e. The summed E-state index contributed by atoms with van der Waals surface area (Å²) in [5, 5.41) is 9.27. The van der Waals surface area contributed by atoms with Crippen LogP contribution in [0, 0.1) is 3.57 Å². The lowest BCUT2D eigenvalue weighted by atomic mass is 10.1. The van der Waals surface area contributed by atoms with Gasteiger partial charge in [0.15, 0.2) is 0 Å². The van der Waals surface area contributed by atoms with Gasteiger partial charge in [0.05, 0.1) is 17.2 Å². The third kappa shape index (κ3) is 3.90. The highest BCUT2D eigenvalue weighted by Crippen LogP contribution is 2.33. The normalized spacial score (nSPS) is 10.8. The summed E-state index contributed by atoms with van der Waals surface area (Å²) in [6, 6.07) is 23.0. The van der Waals surface area contributed by atoms with E-state index in [4.69, 9.17) is 0 Å². The Balaban J connectivity index is 0.00000205. The van der Waals surface area contributed by atoms with Crippen molar-refractivity contribution in [2.45, 2.75) is 6.54 Å². The van der Waals surface area contributed by atoms with Gasteiger partial charge in [-0.1, -0.05) is 30.3 Å². The molecule has 0 radical (unpaired) electrons. The van der Waals surface area contributed by atoms with Crippen molar-refractivity contribution in [1.29, 1.82) is 0 Å². The van der Waals surface area contributed by atoms with Gasteiger partial charge < -0.3 is 4.90 Å². The Morgan fingerprint density at radius 2 is 1.79 bits per heavy atom. The van der Waals surface area contributed by atoms with Gasteiger partial charge in [-0.05, 0) is 64.6 Å². The van der Waals surface area contributed by atoms with Gasteiger partial charge in [0.1, 0.15) is 12.1 Å². The zero-order chi connectivity index (χ0) is 18.9. The van der Waals surface area contributed by atoms with Crippen LogP contribution in [0.15, 0.2) is 79.3 Å². The monoisotopic (exact) mass is 513 g/mol. The number of rotatable bonds is 4. The van der Waals surface area contributed by atoms with E-state index in [9.17, 15) is 0 Å². The summed E-state index contributed by atoms with van der Waals surface area (Å²) in [5.74, 6) is 0.896. The van der Waals surface area contributed by atoms with E-state index in [1.165, 1.54) is 5.56 Å². The van der Waals surface area contributed by atoms with Crippen molar-refractivity contribution in [3.8, 4) is 0 Å². The molecule has 1 N–H and O–H groups in total. The fraction of sp³-hybridized carbons (Fsp3) is 0.0455. The molecule has 5 rings (SSSR count). The van der Waals surface area contributed by atoms with Gasteiger partial charge in [-0.2, -0.15) is 5.10 Å². The quantitative estimate of drug-likeness (QED) is 0.305. The summed E-state index contributed by atoms with van der Waals surface area (Å²) in [6.45, 7) is 0.711. The number of aromatic nitrogens is 4. The zero-order valence-corrected chi connectivity index (χ0v) is 18.3.